The normalized spacial score (nSPS) is 25.9. The Kier molecular flexibility index (Phi) is 2.35. The van der Waals surface area contributed by atoms with Crippen LogP contribution >= 0.6 is 0 Å². The van der Waals surface area contributed by atoms with Gasteiger partial charge in [0.05, 0.1) is 12.0 Å². The van der Waals surface area contributed by atoms with E-state index in [1.165, 1.54) is 5.56 Å². The number of rotatable bonds is 2. The highest BCUT2D eigenvalue weighted by Crippen LogP contribution is 2.27. The molecule has 1 fully saturated rings. The number of nitrogens with one attached hydrogen (secondary N) is 1. The summed E-state index contributed by atoms with van der Waals surface area (Å²) in [6.45, 7) is 3.66. The standard InChI is InChI=1S/C12H13NO/c1-2-9-8-11(13-12(9)14)10-6-4-3-5-7-10/h2-7,9,11H,1,8H2,(H,13,14). The van der Waals surface area contributed by atoms with Crippen molar-refractivity contribution in [3.8, 4) is 0 Å². The zero-order chi connectivity index (χ0) is 9.97. The molecule has 1 saturated heterocycles. The second-order valence-corrected chi connectivity index (χ2v) is 3.55. The Balaban J connectivity index is 2.16. The van der Waals surface area contributed by atoms with E-state index in [1.54, 1.807) is 6.08 Å². The molecule has 1 aromatic rings. The van der Waals surface area contributed by atoms with E-state index in [2.05, 4.69) is 11.9 Å². The summed E-state index contributed by atoms with van der Waals surface area (Å²) in [7, 11) is 0. The molecule has 1 aromatic carbocycles. The molecule has 0 saturated carbocycles. The number of amides is 1. The third-order valence-corrected chi connectivity index (χ3v) is 2.63. The molecule has 0 spiro atoms. The molecule has 2 nitrogen and oxygen atoms in total. The molecule has 1 N–H and O–H groups in total. The van der Waals surface area contributed by atoms with Crippen LogP contribution in [0.2, 0.25) is 0 Å². The minimum Gasteiger partial charge on any atom is -0.349 e. The van der Waals surface area contributed by atoms with Gasteiger partial charge in [0.25, 0.3) is 0 Å². The smallest absolute Gasteiger partial charge is 0.227 e. The van der Waals surface area contributed by atoms with Crippen LogP contribution in [-0.2, 0) is 4.79 Å². The molecule has 2 heteroatoms. The Hall–Kier alpha value is -1.57. The first-order valence-corrected chi connectivity index (χ1v) is 4.79. The van der Waals surface area contributed by atoms with Gasteiger partial charge in [0.2, 0.25) is 5.91 Å². The predicted octanol–water partition coefficient (Wildman–Crippen LogP) is 2.05. The summed E-state index contributed by atoms with van der Waals surface area (Å²) < 4.78 is 0. The largest absolute Gasteiger partial charge is 0.349 e. The second kappa shape index (κ2) is 3.66. The average molecular weight is 187 g/mol. The lowest BCUT2D eigenvalue weighted by atomic mass is 10.0. The first-order chi connectivity index (χ1) is 6.81. The molecule has 14 heavy (non-hydrogen) atoms. The Morgan fingerprint density at radius 2 is 2.07 bits per heavy atom. The Labute approximate surface area is 83.6 Å². The van der Waals surface area contributed by atoms with Crippen molar-refractivity contribution in [2.24, 2.45) is 5.92 Å². The summed E-state index contributed by atoms with van der Waals surface area (Å²) in [5.41, 5.74) is 1.17. The van der Waals surface area contributed by atoms with Gasteiger partial charge in [0.1, 0.15) is 0 Å². The lowest BCUT2D eigenvalue weighted by Gasteiger charge is -2.08. The maximum absolute atomic E-state index is 11.4. The molecule has 1 amide bonds. The molecular weight excluding hydrogens is 174 g/mol. The Morgan fingerprint density at radius 3 is 2.64 bits per heavy atom. The van der Waals surface area contributed by atoms with Gasteiger partial charge in [0, 0.05) is 0 Å². The quantitative estimate of drug-likeness (QED) is 0.705. The molecule has 0 aliphatic carbocycles. The van der Waals surface area contributed by atoms with Gasteiger partial charge in [-0.3, -0.25) is 4.79 Å². The van der Waals surface area contributed by atoms with Gasteiger partial charge in [-0.25, -0.2) is 0 Å². The van der Waals surface area contributed by atoms with Crippen molar-refractivity contribution >= 4 is 5.91 Å². The van der Waals surface area contributed by atoms with Crippen molar-refractivity contribution in [1.29, 1.82) is 0 Å². The summed E-state index contributed by atoms with van der Waals surface area (Å²) in [6, 6.07) is 10.2. The third kappa shape index (κ3) is 1.55. The number of hydrogen-bond acceptors (Lipinski definition) is 1. The second-order valence-electron chi connectivity index (χ2n) is 3.55. The highest BCUT2D eigenvalue weighted by Gasteiger charge is 2.30. The lowest BCUT2D eigenvalue weighted by molar-refractivity contribution is -0.121. The minimum absolute atomic E-state index is 0.0276. The fourth-order valence-electron chi connectivity index (χ4n) is 1.81. The first kappa shape index (κ1) is 9.00. The van der Waals surface area contributed by atoms with Crippen LogP contribution in [0.1, 0.15) is 18.0 Å². The lowest BCUT2D eigenvalue weighted by Crippen LogP contribution is -2.20. The van der Waals surface area contributed by atoms with E-state index >= 15 is 0 Å². The summed E-state index contributed by atoms with van der Waals surface area (Å²) in [5, 5.41) is 2.96. The zero-order valence-electron chi connectivity index (χ0n) is 7.94. The zero-order valence-corrected chi connectivity index (χ0v) is 7.94. The van der Waals surface area contributed by atoms with Crippen LogP contribution in [-0.4, -0.2) is 5.91 Å². The topological polar surface area (TPSA) is 29.1 Å². The van der Waals surface area contributed by atoms with Crippen molar-refractivity contribution in [1.82, 2.24) is 5.32 Å². The summed E-state index contributed by atoms with van der Waals surface area (Å²) >= 11 is 0. The molecule has 0 aromatic heterocycles. The fourth-order valence-corrected chi connectivity index (χ4v) is 1.81. The molecule has 2 unspecified atom stereocenters. The van der Waals surface area contributed by atoms with Gasteiger partial charge in [-0.15, -0.1) is 6.58 Å². The molecule has 1 aliphatic rings. The number of carbonyl (C=O) groups is 1. The maximum atomic E-state index is 11.4. The Morgan fingerprint density at radius 1 is 1.36 bits per heavy atom. The van der Waals surface area contributed by atoms with Crippen molar-refractivity contribution < 1.29 is 4.79 Å². The summed E-state index contributed by atoms with van der Waals surface area (Å²) in [5.74, 6) is 0.0639. The number of carbonyl (C=O) groups excluding carboxylic acids is 1. The van der Waals surface area contributed by atoms with Crippen LogP contribution in [0.15, 0.2) is 43.0 Å². The van der Waals surface area contributed by atoms with Crippen molar-refractivity contribution in [2.75, 3.05) is 0 Å². The molecule has 2 atom stereocenters. The average Bonchev–Trinajstić information content (AvgIpc) is 2.61. The van der Waals surface area contributed by atoms with Crippen molar-refractivity contribution in [3.63, 3.8) is 0 Å². The van der Waals surface area contributed by atoms with Gasteiger partial charge in [-0.1, -0.05) is 36.4 Å². The molecule has 72 valence electrons. The van der Waals surface area contributed by atoms with E-state index in [-0.39, 0.29) is 17.9 Å². The maximum Gasteiger partial charge on any atom is 0.227 e. The van der Waals surface area contributed by atoms with Crippen LogP contribution in [0.5, 0.6) is 0 Å². The summed E-state index contributed by atoms with van der Waals surface area (Å²) in [4.78, 5) is 11.4. The van der Waals surface area contributed by atoms with E-state index in [0.29, 0.717) is 0 Å². The molecule has 0 bridgehead atoms. The third-order valence-electron chi connectivity index (χ3n) is 2.63. The first-order valence-electron chi connectivity index (χ1n) is 4.79. The molecule has 2 rings (SSSR count). The summed E-state index contributed by atoms with van der Waals surface area (Å²) in [6.07, 6.45) is 2.55. The molecule has 0 radical (unpaired) electrons. The predicted molar refractivity (Wildman–Crippen MR) is 55.6 cm³/mol. The fraction of sp³-hybridized carbons (Fsp3) is 0.250. The highest BCUT2D eigenvalue weighted by atomic mass is 16.2. The minimum atomic E-state index is -0.0276. The molecule has 1 aliphatic heterocycles. The Bertz CT molecular complexity index is 345. The van der Waals surface area contributed by atoms with Gasteiger partial charge in [-0.2, -0.15) is 0 Å². The van der Waals surface area contributed by atoms with Crippen LogP contribution in [0.4, 0.5) is 0 Å². The number of hydrogen-bond donors (Lipinski definition) is 1. The van der Waals surface area contributed by atoms with Crippen LogP contribution in [0.3, 0.4) is 0 Å². The van der Waals surface area contributed by atoms with Crippen LogP contribution in [0, 0.1) is 5.92 Å². The molecular formula is C12H13NO. The highest BCUT2D eigenvalue weighted by molar-refractivity contribution is 5.83. The van der Waals surface area contributed by atoms with E-state index in [1.807, 2.05) is 30.3 Å². The van der Waals surface area contributed by atoms with E-state index in [9.17, 15) is 4.79 Å². The van der Waals surface area contributed by atoms with E-state index < -0.39 is 0 Å². The SMILES string of the molecule is C=CC1CC(c2ccccc2)NC1=O. The number of benzene rings is 1. The van der Waals surface area contributed by atoms with Crippen LogP contribution in [0.25, 0.3) is 0 Å². The molecule has 1 heterocycles. The van der Waals surface area contributed by atoms with E-state index in [0.717, 1.165) is 6.42 Å². The van der Waals surface area contributed by atoms with E-state index in [4.69, 9.17) is 0 Å². The van der Waals surface area contributed by atoms with Crippen molar-refractivity contribution in [2.45, 2.75) is 12.5 Å². The van der Waals surface area contributed by atoms with Crippen molar-refractivity contribution in [3.05, 3.63) is 48.6 Å². The van der Waals surface area contributed by atoms with Gasteiger partial charge in [0.15, 0.2) is 0 Å². The monoisotopic (exact) mass is 187 g/mol. The van der Waals surface area contributed by atoms with Gasteiger partial charge >= 0.3 is 0 Å². The van der Waals surface area contributed by atoms with Gasteiger partial charge < -0.3 is 5.32 Å². The van der Waals surface area contributed by atoms with Crippen LogP contribution < -0.4 is 5.32 Å². The van der Waals surface area contributed by atoms with Gasteiger partial charge in [-0.05, 0) is 12.0 Å².